The van der Waals surface area contributed by atoms with Gasteiger partial charge in [-0.3, -0.25) is 15.6 Å². The molecule has 0 radical (unpaired) electrons. The highest BCUT2D eigenvalue weighted by Crippen LogP contribution is 2.31. The van der Waals surface area contributed by atoms with Crippen LogP contribution in [0, 0.1) is 5.41 Å². The molecule has 2 aromatic rings. The monoisotopic (exact) mass is 480 g/mol. The number of hydrogen-bond donors (Lipinski definition) is 3. The number of hydrogen-bond acceptors (Lipinski definition) is 4. The lowest BCUT2D eigenvalue weighted by atomic mass is 9.99. The lowest BCUT2D eigenvalue weighted by Crippen LogP contribution is -2.55. The first-order valence-electron chi connectivity index (χ1n) is 10.4. The number of nitrogens with one attached hydrogen (secondary N) is 3. The van der Waals surface area contributed by atoms with Gasteiger partial charge in [0.15, 0.2) is 0 Å². The molecule has 3 atom stereocenters. The van der Waals surface area contributed by atoms with E-state index in [0.717, 1.165) is 24.8 Å². The second-order valence-electron chi connectivity index (χ2n) is 8.03. The first-order valence-corrected chi connectivity index (χ1v) is 11.5. The molecule has 3 unspecified atom stereocenters. The minimum absolute atomic E-state index is 0.0116. The molecule has 3 N–H and O–H groups in total. The van der Waals surface area contributed by atoms with Gasteiger partial charge in [0.25, 0.3) is 5.91 Å². The minimum atomic E-state index is -0.386. The molecule has 166 valence electrons. The third kappa shape index (κ3) is 6.36. The fourth-order valence-electron chi connectivity index (χ4n) is 3.86. The molecule has 1 fully saturated rings. The summed E-state index contributed by atoms with van der Waals surface area (Å²) in [5, 5.41) is 15.4. The normalized spacial score (nSPS) is 20.2. The van der Waals surface area contributed by atoms with E-state index < -0.39 is 0 Å². The van der Waals surface area contributed by atoms with Gasteiger partial charge < -0.3 is 5.32 Å². The zero-order valence-electron chi connectivity index (χ0n) is 17.6. The second kappa shape index (κ2) is 10.7. The van der Waals surface area contributed by atoms with E-state index in [9.17, 15) is 4.79 Å². The van der Waals surface area contributed by atoms with Crippen molar-refractivity contribution in [2.45, 2.75) is 57.7 Å². The number of piperidine rings is 1. The Morgan fingerprint density at radius 2 is 1.68 bits per heavy atom. The molecule has 5 nitrogen and oxygen atoms in total. The smallest absolute Gasteiger partial charge is 0.279 e. The zero-order valence-corrected chi connectivity index (χ0v) is 19.9. The van der Waals surface area contributed by atoms with Gasteiger partial charge >= 0.3 is 0 Å². The maximum absolute atomic E-state index is 12.8. The Labute approximate surface area is 198 Å². The number of amides is 1. The maximum atomic E-state index is 12.8. The highest BCUT2D eigenvalue weighted by atomic mass is 35.5. The molecule has 0 aromatic heterocycles. The average Bonchev–Trinajstić information content (AvgIpc) is 2.72. The Morgan fingerprint density at radius 1 is 1.06 bits per heavy atom. The summed E-state index contributed by atoms with van der Waals surface area (Å²) in [6, 6.07) is 12.7. The molecule has 1 aliphatic rings. The number of hydrazine groups is 1. The Hall–Kier alpha value is -1.79. The van der Waals surface area contributed by atoms with E-state index in [1.807, 2.05) is 17.1 Å². The molecule has 1 saturated heterocycles. The first kappa shape index (κ1) is 23.9. The first-order chi connectivity index (χ1) is 14.7. The van der Waals surface area contributed by atoms with Crippen LogP contribution in [0.1, 0.15) is 51.1 Å². The van der Waals surface area contributed by atoms with Crippen LogP contribution >= 0.6 is 34.8 Å². The number of halogens is 3. The number of benzene rings is 2. The molecule has 0 bridgehead atoms. The summed E-state index contributed by atoms with van der Waals surface area (Å²) in [5.41, 5.74) is 4.51. The lowest BCUT2D eigenvalue weighted by molar-refractivity contribution is -0.122. The summed E-state index contributed by atoms with van der Waals surface area (Å²) in [4.78, 5) is 12.8. The molecular formula is C23H27Cl3N4O. The van der Waals surface area contributed by atoms with Gasteiger partial charge in [-0.2, -0.15) is 0 Å². The summed E-state index contributed by atoms with van der Waals surface area (Å²) < 4.78 is 0. The van der Waals surface area contributed by atoms with Crippen molar-refractivity contribution in [1.29, 1.82) is 5.41 Å². The molecule has 1 amide bonds. The van der Waals surface area contributed by atoms with Crippen molar-refractivity contribution in [1.82, 2.24) is 10.4 Å². The molecule has 31 heavy (non-hydrogen) atoms. The number of carbonyl (C=O) groups is 1. The highest BCUT2D eigenvalue weighted by molar-refractivity contribution is 6.38. The van der Waals surface area contributed by atoms with Crippen LogP contribution < -0.4 is 10.7 Å². The Bertz CT molecular complexity index is 925. The highest BCUT2D eigenvalue weighted by Gasteiger charge is 2.28. The van der Waals surface area contributed by atoms with E-state index in [1.165, 1.54) is 0 Å². The number of nitrogens with zero attached hydrogens (tertiary/aromatic N) is 1. The van der Waals surface area contributed by atoms with Gasteiger partial charge in [0.2, 0.25) is 0 Å². The van der Waals surface area contributed by atoms with Crippen molar-refractivity contribution in [3.8, 4) is 0 Å². The molecule has 0 spiro atoms. The third-order valence-corrected chi connectivity index (χ3v) is 6.44. The van der Waals surface area contributed by atoms with Crippen LogP contribution in [0.2, 0.25) is 15.1 Å². The zero-order chi connectivity index (χ0) is 22.5. The predicted molar refractivity (Wildman–Crippen MR) is 129 cm³/mol. The molecular weight excluding hydrogens is 455 g/mol. The predicted octanol–water partition coefficient (Wildman–Crippen LogP) is 6.50. The van der Waals surface area contributed by atoms with Crippen LogP contribution in [0.15, 0.2) is 42.5 Å². The SMILES string of the molecule is CC1CCCC(C)N1NC(=O)C(=N)CC(Nc1ccc(Cl)cc1Cl)c1ccc(Cl)cc1. The van der Waals surface area contributed by atoms with Crippen molar-refractivity contribution in [2.24, 2.45) is 0 Å². The molecule has 0 saturated carbocycles. The van der Waals surface area contributed by atoms with E-state index in [2.05, 4.69) is 24.6 Å². The number of rotatable bonds is 7. The summed E-state index contributed by atoms with van der Waals surface area (Å²) in [5.74, 6) is -0.386. The summed E-state index contributed by atoms with van der Waals surface area (Å²) in [6.07, 6.45) is 3.39. The lowest BCUT2D eigenvalue weighted by Gasteiger charge is -2.38. The van der Waals surface area contributed by atoms with E-state index >= 15 is 0 Å². The van der Waals surface area contributed by atoms with Crippen LogP contribution in [-0.4, -0.2) is 28.7 Å². The number of anilines is 1. The Kier molecular flexibility index (Phi) is 8.23. The molecule has 1 aliphatic heterocycles. The molecule has 1 heterocycles. The molecule has 8 heteroatoms. The summed E-state index contributed by atoms with van der Waals surface area (Å²) in [7, 11) is 0. The summed E-state index contributed by atoms with van der Waals surface area (Å²) in [6.45, 7) is 4.19. The van der Waals surface area contributed by atoms with Crippen LogP contribution in [0.25, 0.3) is 0 Å². The second-order valence-corrected chi connectivity index (χ2v) is 9.31. The van der Waals surface area contributed by atoms with Crippen molar-refractivity contribution < 1.29 is 4.79 Å². The maximum Gasteiger partial charge on any atom is 0.279 e. The standard InChI is InChI=1S/C23H27Cl3N4O/c1-14-4-3-5-15(2)30(14)29-23(31)20(27)13-22(16-6-8-17(24)9-7-16)28-21-11-10-18(25)12-19(21)26/h6-12,14-15,22,27-28H,3-5,13H2,1-2H3,(H,29,31). The van der Waals surface area contributed by atoms with Crippen LogP contribution in [0.3, 0.4) is 0 Å². The molecule has 2 aromatic carbocycles. The average molecular weight is 482 g/mol. The van der Waals surface area contributed by atoms with Crippen molar-refractivity contribution >= 4 is 52.1 Å². The van der Waals surface area contributed by atoms with Gasteiger partial charge in [0.1, 0.15) is 0 Å². The molecule has 3 rings (SSSR count). The van der Waals surface area contributed by atoms with Gasteiger partial charge in [-0.25, -0.2) is 5.01 Å². The summed E-state index contributed by atoms with van der Waals surface area (Å²) >= 11 is 18.4. The van der Waals surface area contributed by atoms with E-state index in [-0.39, 0.29) is 36.2 Å². The third-order valence-electron chi connectivity index (χ3n) is 5.64. The van der Waals surface area contributed by atoms with Crippen molar-refractivity contribution in [3.63, 3.8) is 0 Å². The van der Waals surface area contributed by atoms with E-state index in [4.69, 9.17) is 40.2 Å². The Balaban J connectivity index is 1.76. The quantitative estimate of drug-likeness (QED) is 0.395. The van der Waals surface area contributed by atoms with E-state index in [0.29, 0.717) is 20.8 Å². The van der Waals surface area contributed by atoms with E-state index in [1.54, 1.807) is 30.3 Å². The topological polar surface area (TPSA) is 68.2 Å². The minimum Gasteiger partial charge on any atom is -0.377 e. The largest absolute Gasteiger partial charge is 0.377 e. The van der Waals surface area contributed by atoms with Crippen molar-refractivity contribution in [2.75, 3.05) is 5.32 Å². The van der Waals surface area contributed by atoms with Crippen LogP contribution in [0.5, 0.6) is 0 Å². The van der Waals surface area contributed by atoms with Gasteiger partial charge in [-0.15, -0.1) is 0 Å². The number of carbonyl (C=O) groups excluding carboxylic acids is 1. The van der Waals surface area contributed by atoms with Gasteiger partial charge in [0.05, 0.1) is 22.5 Å². The fraction of sp³-hybridized carbons (Fsp3) is 0.391. The fourth-order valence-corrected chi connectivity index (χ4v) is 4.45. The molecule has 0 aliphatic carbocycles. The van der Waals surface area contributed by atoms with Crippen LogP contribution in [-0.2, 0) is 4.79 Å². The van der Waals surface area contributed by atoms with Crippen LogP contribution in [0.4, 0.5) is 5.69 Å². The van der Waals surface area contributed by atoms with Crippen molar-refractivity contribution in [3.05, 3.63) is 63.1 Å². The van der Waals surface area contributed by atoms with Gasteiger partial charge in [0, 0.05) is 28.5 Å². The van der Waals surface area contributed by atoms with Gasteiger partial charge in [-0.05, 0) is 62.6 Å². The Morgan fingerprint density at radius 3 is 2.29 bits per heavy atom. The van der Waals surface area contributed by atoms with Gasteiger partial charge in [-0.1, -0.05) is 53.4 Å².